The van der Waals surface area contributed by atoms with Gasteiger partial charge in [0, 0.05) is 19.6 Å². The first-order valence-corrected chi connectivity index (χ1v) is 7.96. The molecule has 2 aromatic carbocycles. The zero-order chi connectivity index (χ0) is 16.0. The van der Waals surface area contributed by atoms with Gasteiger partial charge in [-0.2, -0.15) is 0 Å². The van der Waals surface area contributed by atoms with E-state index < -0.39 is 0 Å². The zero-order valence-electron chi connectivity index (χ0n) is 14.3. The quantitative estimate of drug-likeness (QED) is 0.841. The molecule has 0 bridgehead atoms. The summed E-state index contributed by atoms with van der Waals surface area (Å²) in [6, 6.07) is 11.2. The van der Waals surface area contributed by atoms with Gasteiger partial charge in [0.15, 0.2) is 0 Å². The molecule has 0 unspecified atom stereocenters. The number of benzene rings is 2. The lowest BCUT2D eigenvalue weighted by atomic mass is 9.80. The van der Waals surface area contributed by atoms with Gasteiger partial charge in [-0.15, -0.1) is 0 Å². The summed E-state index contributed by atoms with van der Waals surface area (Å²) in [7, 11) is 3.57. The molecule has 0 fully saturated rings. The molecule has 1 aliphatic carbocycles. The highest BCUT2D eigenvalue weighted by atomic mass is 16.5. The highest BCUT2D eigenvalue weighted by Gasteiger charge is 2.41. The van der Waals surface area contributed by atoms with Gasteiger partial charge in [-0.05, 0) is 39.3 Å². The Kier molecular flexibility index (Phi) is 3.78. The van der Waals surface area contributed by atoms with Crippen LogP contribution in [-0.4, -0.2) is 27.4 Å². The molecule has 0 heterocycles. The number of methoxy groups -OCH3 is 2. The second kappa shape index (κ2) is 5.36. The molecular weight excluding hydrogens is 272 g/mol. The van der Waals surface area contributed by atoms with Crippen LogP contribution in [0.15, 0.2) is 30.3 Å². The normalized spacial score (nSPS) is 16.4. The Labute approximate surface area is 133 Å². The summed E-state index contributed by atoms with van der Waals surface area (Å²) in [5.74, 6) is 0. The summed E-state index contributed by atoms with van der Waals surface area (Å²) in [6.45, 7) is 8.26. The van der Waals surface area contributed by atoms with Crippen LogP contribution in [0, 0.1) is 0 Å². The second-order valence-electron chi connectivity index (χ2n) is 7.57. The highest BCUT2D eigenvalue weighted by Crippen LogP contribution is 2.46. The molecule has 0 aliphatic heterocycles. The molecule has 0 saturated carbocycles. The van der Waals surface area contributed by atoms with E-state index in [0.29, 0.717) is 13.2 Å². The van der Waals surface area contributed by atoms with E-state index >= 15 is 0 Å². The summed E-state index contributed by atoms with van der Waals surface area (Å²) < 4.78 is 11.2. The van der Waals surface area contributed by atoms with E-state index in [1.165, 1.54) is 27.5 Å². The molecule has 0 amide bonds. The summed E-state index contributed by atoms with van der Waals surface area (Å²) >= 11 is 0. The van der Waals surface area contributed by atoms with Crippen molar-refractivity contribution in [1.82, 2.24) is 0 Å². The van der Waals surface area contributed by atoms with Crippen molar-refractivity contribution in [3.8, 4) is 0 Å². The Morgan fingerprint density at radius 2 is 1.68 bits per heavy atom. The molecule has 2 nitrogen and oxygen atoms in total. The minimum atomic E-state index is -0.0628. The van der Waals surface area contributed by atoms with Crippen LogP contribution in [0.2, 0.25) is 0 Å². The van der Waals surface area contributed by atoms with Crippen LogP contribution in [0.3, 0.4) is 0 Å². The topological polar surface area (TPSA) is 18.5 Å². The van der Waals surface area contributed by atoms with Gasteiger partial charge in [0.05, 0.1) is 13.2 Å². The average molecular weight is 298 g/mol. The molecular formula is C20H26O2. The molecule has 1 aliphatic rings. The first-order chi connectivity index (χ1) is 10.4. The minimum Gasteiger partial charge on any atom is -0.384 e. The fraction of sp³-hybridized carbons (Fsp3) is 0.500. The maximum Gasteiger partial charge on any atom is 0.0584 e. The minimum absolute atomic E-state index is 0.0628. The molecule has 0 N–H and O–H groups in total. The van der Waals surface area contributed by atoms with Crippen LogP contribution in [0.5, 0.6) is 0 Å². The fourth-order valence-corrected chi connectivity index (χ4v) is 4.07. The number of hydrogen-bond donors (Lipinski definition) is 0. The van der Waals surface area contributed by atoms with E-state index in [2.05, 4.69) is 51.1 Å². The third-order valence-electron chi connectivity index (χ3n) is 4.89. The van der Waals surface area contributed by atoms with E-state index in [1.54, 1.807) is 14.2 Å². The maximum absolute atomic E-state index is 5.59. The van der Waals surface area contributed by atoms with Crippen molar-refractivity contribution >= 4 is 10.8 Å². The fourth-order valence-electron chi connectivity index (χ4n) is 4.07. The van der Waals surface area contributed by atoms with Gasteiger partial charge >= 0.3 is 0 Å². The maximum atomic E-state index is 5.59. The SMILES string of the molecule is COCC1(COC)Cc2c(C(C)(C)C)ccc3cccc1c23. The van der Waals surface area contributed by atoms with Crippen molar-refractivity contribution in [2.24, 2.45) is 0 Å². The number of hydrogen-bond acceptors (Lipinski definition) is 2. The molecule has 0 spiro atoms. The van der Waals surface area contributed by atoms with E-state index in [1.807, 2.05) is 0 Å². The van der Waals surface area contributed by atoms with Crippen LogP contribution in [-0.2, 0) is 26.7 Å². The molecule has 0 saturated heterocycles. The van der Waals surface area contributed by atoms with Gasteiger partial charge in [-0.25, -0.2) is 0 Å². The van der Waals surface area contributed by atoms with Crippen LogP contribution >= 0.6 is 0 Å². The van der Waals surface area contributed by atoms with Gasteiger partial charge in [0.25, 0.3) is 0 Å². The number of ether oxygens (including phenoxy) is 2. The zero-order valence-corrected chi connectivity index (χ0v) is 14.3. The average Bonchev–Trinajstić information content (AvgIpc) is 2.76. The lowest BCUT2D eigenvalue weighted by Gasteiger charge is -2.29. The summed E-state index contributed by atoms with van der Waals surface area (Å²) in [5.41, 5.74) is 4.39. The van der Waals surface area contributed by atoms with Gasteiger partial charge in [0.1, 0.15) is 0 Å². The molecule has 22 heavy (non-hydrogen) atoms. The Balaban J connectivity index is 2.28. The third-order valence-corrected chi connectivity index (χ3v) is 4.89. The van der Waals surface area contributed by atoms with Crippen LogP contribution < -0.4 is 0 Å². The Hall–Kier alpha value is -1.38. The van der Waals surface area contributed by atoms with E-state index in [4.69, 9.17) is 9.47 Å². The molecule has 2 aromatic rings. The lowest BCUT2D eigenvalue weighted by molar-refractivity contribution is 0.0622. The predicted octanol–water partition coefficient (Wildman–Crippen LogP) is 4.22. The molecule has 0 atom stereocenters. The molecule has 0 aromatic heterocycles. The Bertz CT molecular complexity index is 689. The first kappa shape index (κ1) is 15.5. The summed E-state index contributed by atoms with van der Waals surface area (Å²) in [4.78, 5) is 0. The van der Waals surface area contributed by atoms with E-state index in [0.717, 1.165) is 6.42 Å². The standard InChI is InChI=1S/C20H26O2/c1-19(2,3)16-10-9-14-7-6-8-17-18(14)15(16)11-20(17,12-21-4)13-22-5/h6-10H,11-13H2,1-5H3. The van der Waals surface area contributed by atoms with Gasteiger partial charge in [-0.1, -0.05) is 51.1 Å². The molecule has 0 radical (unpaired) electrons. The second-order valence-corrected chi connectivity index (χ2v) is 7.57. The molecule has 3 rings (SSSR count). The predicted molar refractivity (Wildman–Crippen MR) is 91.8 cm³/mol. The van der Waals surface area contributed by atoms with Crippen molar-refractivity contribution < 1.29 is 9.47 Å². The van der Waals surface area contributed by atoms with Crippen molar-refractivity contribution in [3.63, 3.8) is 0 Å². The van der Waals surface area contributed by atoms with Gasteiger partial charge in [0.2, 0.25) is 0 Å². The van der Waals surface area contributed by atoms with Crippen molar-refractivity contribution in [2.75, 3.05) is 27.4 Å². The van der Waals surface area contributed by atoms with E-state index in [-0.39, 0.29) is 10.8 Å². The third kappa shape index (κ3) is 2.26. The smallest absolute Gasteiger partial charge is 0.0584 e. The van der Waals surface area contributed by atoms with Gasteiger partial charge in [-0.3, -0.25) is 0 Å². The van der Waals surface area contributed by atoms with Crippen molar-refractivity contribution in [3.05, 3.63) is 47.0 Å². The summed E-state index contributed by atoms with van der Waals surface area (Å²) in [6.07, 6.45) is 0.998. The van der Waals surface area contributed by atoms with E-state index in [9.17, 15) is 0 Å². The molecule has 118 valence electrons. The first-order valence-electron chi connectivity index (χ1n) is 7.96. The van der Waals surface area contributed by atoms with Crippen LogP contribution in [0.25, 0.3) is 10.8 Å². The van der Waals surface area contributed by atoms with Crippen LogP contribution in [0.4, 0.5) is 0 Å². The monoisotopic (exact) mass is 298 g/mol. The summed E-state index contributed by atoms with van der Waals surface area (Å²) in [5, 5.41) is 2.75. The Morgan fingerprint density at radius 3 is 2.27 bits per heavy atom. The van der Waals surface area contributed by atoms with Crippen molar-refractivity contribution in [1.29, 1.82) is 0 Å². The largest absolute Gasteiger partial charge is 0.384 e. The van der Waals surface area contributed by atoms with Gasteiger partial charge < -0.3 is 9.47 Å². The Morgan fingerprint density at radius 1 is 1.00 bits per heavy atom. The van der Waals surface area contributed by atoms with Crippen LogP contribution in [0.1, 0.15) is 37.5 Å². The number of rotatable bonds is 4. The van der Waals surface area contributed by atoms with Crippen molar-refractivity contribution in [2.45, 2.75) is 38.0 Å². The molecule has 2 heteroatoms. The lowest BCUT2D eigenvalue weighted by Crippen LogP contribution is -2.36. The highest BCUT2D eigenvalue weighted by molar-refractivity contribution is 5.93.